The van der Waals surface area contributed by atoms with Crippen LogP contribution in [0.5, 0.6) is 5.75 Å². The molecule has 2 aromatic rings. The second kappa shape index (κ2) is 3.38. The number of carbonyl (C=O) groups excluding carboxylic acids is 1. The lowest BCUT2D eigenvalue weighted by Crippen LogP contribution is -2.08. The van der Waals surface area contributed by atoms with Crippen LogP contribution in [0.1, 0.15) is 10.4 Å². The summed E-state index contributed by atoms with van der Waals surface area (Å²) in [6.45, 7) is 0. The Kier molecular flexibility index (Phi) is 2.07. The molecule has 1 aromatic heterocycles. The lowest BCUT2D eigenvalue weighted by Gasteiger charge is -1.99. The van der Waals surface area contributed by atoms with Gasteiger partial charge in [-0.25, -0.2) is 0 Å². The quantitative estimate of drug-likeness (QED) is 0.736. The van der Waals surface area contributed by atoms with E-state index in [1.807, 2.05) is 0 Å². The van der Waals surface area contributed by atoms with Crippen molar-refractivity contribution in [3.05, 3.63) is 54.4 Å². The molecule has 1 radical (unpaired) electrons. The highest BCUT2D eigenvalue weighted by molar-refractivity contribution is 5.96. The van der Waals surface area contributed by atoms with Gasteiger partial charge < -0.3 is 5.11 Å². The third-order valence-electron chi connectivity index (χ3n) is 1.88. The first kappa shape index (κ1) is 8.56. The summed E-state index contributed by atoms with van der Waals surface area (Å²) in [7, 11) is 0. The summed E-state index contributed by atoms with van der Waals surface area (Å²) >= 11 is 0. The molecular formula is C11H8NO2. The molecule has 0 aliphatic carbocycles. The van der Waals surface area contributed by atoms with Gasteiger partial charge in [0.1, 0.15) is 5.75 Å². The van der Waals surface area contributed by atoms with Gasteiger partial charge in [-0.1, -0.05) is 12.1 Å². The SMILES string of the molecule is O=C(c1cc[c]cc1)n1ccc(O)c1. The summed E-state index contributed by atoms with van der Waals surface area (Å²) in [5, 5.41) is 9.07. The van der Waals surface area contributed by atoms with Crippen LogP contribution in [0.15, 0.2) is 42.7 Å². The zero-order valence-electron chi connectivity index (χ0n) is 7.34. The third-order valence-corrected chi connectivity index (χ3v) is 1.88. The fourth-order valence-electron chi connectivity index (χ4n) is 1.19. The van der Waals surface area contributed by atoms with Crippen molar-refractivity contribution < 1.29 is 9.90 Å². The highest BCUT2D eigenvalue weighted by Gasteiger charge is 2.06. The molecule has 3 heteroatoms. The van der Waals surface area contributed by atoms with E-state index in [2.05, 4.69) is 6.07 Å². The first-order chi connectivity index (χ1) is 6.77. The minimum Gasteiger partial charge on any atom is -0.506 e. The molecule has 0 aliphatic heterocycles. The van der Waals surface area contributed by atoms with Gasteiger partial charge in [0.25, 0.3) is 5.91 Å². The Morgan fingerprint density at radius 3 is 2.57 bits per heavy atom. The van der Waals surface area contributed by atoms with E-state index in [1.54, 1.807) is 24.3 Å². The van der Waals surface area contributed by atoms with Crippen molar-refractivity contribution in [3.63, 3.8) is 0 Å². The van der Waals surface area contributed by atoms with Crippen LogP contribution >= 0.6 is 0 Å². The van der Waals surface area contributed by atoms with E-state index < -0.39 is 0 Å². The highest BCUT2D eigenvalue weighted by Crippen LogP contribution is 2.10. The average Bonchev–Trinajstić information content (AvgIpc) is 2.65. The minimum atomic E-state index is -0.167. The Balaban J connectivity index is 2.34. The number of aromatic hydroxyl groups is 1. The fraction of sp³-hybridized carbons (Fsp3) is 0. The predicted octanol–water partition coefficient (Wildman–Crippen LogP) is 1.68. The van der Waals surface area contributed by atoms with Gasteiger partial charge in [-0.05, 0) is 24.3 Å². The number of hydrogen-bond donors (Lipinski definition) is 1. The number of benzene rings is 1. The molecule has 1 aromatic carbocycles. The summed E-state index contributed by atoms with van der Waals surface area (Å²) in [6, 6.07) is 11.0. The van der Waals surface area contributed by atoms with Gasteiger partial charge >= 0.3 is 0 Å². The number of carbonyl (C=O) groups is 1. The Morgan fingerprint density at radius 2 is 2.00 bits per heavy atom. The van der Waals surface area contributed by atoms with E-state index >= 15 is 0 Å². The highest BCUT2D eigenvalue weighted by atomic mass is 16.3. The molecule has 0 spiro atoms. The summed E-state index contributed by atoms with van der Waals surface area (Å²) in [5.41, 5.74) is 0.569. The molecule has 0 aliphatic rings. The van der Waals surface area contributed by atoms with Gasteiger partial charge in [0.2, 0.25) is 0 Å². The van der Waals surface area contributed by atoms with Gasteiger partial charge in [-0.3, -0.25) is 9.36 Å². The van der Waals surface area contributed by atoms with Crippen LogP contribution in [0.4, 0.5) is 0 Å². The monoisotopic (exact) mass is 186 g/mol. The smallest absolute Gasteiger partial charge is 0.261 e. The van der Waals surface area contributed by atoms with Crippen LogP contribution in [-0.4, -0.2) is 15.6 Å². The summed E-state index contributed by atoms with van der Waals surface area (Å²) in [4.78, 5) is 11.7. The Morgan fingerprint density at radius 1 is 1.29 bits per heavy atom. The molecule has 0 saturated heterocycles. The molecular weight excluding hydrogens is 178 g/mol. The predicted molar refractivity (Wildman–Crippen MR) is 51.1 cm³/mol. The Hall–Kier alpha value is -2.03. The first-order valence-electron chi connectivity index (χ1n) is 4.15. The van der Waals surface area contributed by atoms with Crippen LogP contribution in [0, 0.1) is 6.07 Å². The third kappa shape index (κ3) is 1.52. The molecule has 0 atom stereocenters. The molecule has 0 fully saturated rings. The molecule has 0 saturated carbocycles. The van der Waals surface area contributed by atoms with E-state index in [4.69, 9.17) is 5.11 Å². The van der Waals surface area contributed by atoms with Crippen molar-refractivity contribution in [3.8, 4) is 5.75 Å². The molecule has 14 heavy (non-hydrogen) atoms. The van der Waals surface area contributed by atoms with Crippen molar-refractivity contribution >= 4 is 5.91 Å². The Bertz CT molecular complexity index is 445. The van der Waals surface area contributed by atoms with Crippen molar-refractivity contribution in [1.82, 2.24) is 4.57 Å². The number of nitrogens with zero attached hydrogens (tertiary/aromatic N) is 1. The maximum absolute atomic E-state index is 11.7. The van der Waals surface area contributed by atoms with E-state index in [0.717, 1.165) is 0 Å². The molecule has 3 nitrogen and oxygen atoms in total. The van der Waals surface area contributed by atoms with Crippen LogP contribution in [0.2, 0.25) is 0 Å². The molecule has 0 unspecified atom stereocenters. The fourth-order valence-corrected chi connectivity index (χ4v) is 1.19. The van der Waals surface area contributed by atoms with Crippen molar-refractivity contribution in [2.75, 3.05) is 0 Å². The topological polar surface area (TPSA) is 42.2 Å². The molecule has 0 amide bonds. The maximum Gasteiger partial charge on any atom is 0.261 e. The van der Waals surface area contributed by atoms with Crippen LogP contribution in [-0.2, 0) is 0 Å². The van der Waals surface area contributed by atoms with Gasteiger partial charge in [-0.15, -0.1) is 0 Å². The van der Waals surface area contributed by atoms with Gasteiger partial charge in [0, 0.05) is 11.8 Å². The van der Waals surface area contributed by atoms with Crippen LogP contribution < -0.4 is 0 Å². The lowest BCUT2D eigenvalue weighted by atomic mass is 10.2. The van der Waals surface area contributed by atoms with Gasteiger partial charge in [0.15, 0.2) is 0 Å². The Labute approximate surface area is 81.2 Å². The molecule has 2 rings (SSSR count). The number of aromatic nitrogens is 1. The number of rotatable bonds is 1. The van der Waals surface area contributed by atoms with E-state index in [9.17, 15) is 4.79 Å². The largest absolute Gasteiger partial charge is 0.506 e. The molecule has 1 N–H and O–H groups in total. The van der Waals surface area contributed by atoms with Crippen LogP contribution in [0.3, 0.4) is 0 Å². The van der Waals surface area contributed by atoms with E-state index in [1.165, 1.54) is 23.0 Å². The average molecular weight is 186 g/mol. The van der Waals surface area contributed by atoms with Crippen molar-refractivity contribution in [1.29, 1.82) is 0 Å². The van der Waals surface area contributed by atoms with E-state index in [0.29, 0.717) is 5.56 Å². The zero-order chi connectivity index (χ0) is 9.97. The van der Waals surface area contributed by atoms with Gasteiger partial charge in [-0.2, -0.15) is 0 Å². The molecule has 69 valence electrons. The summed E-state index contributed by atoms with van der Waals surface area (Å²) in [5.74, 6) is -0.0832. The lowest BCUT2D eigenvalue weighted by molar-refractivity contribution is 0.0960. The van der Waals surface area contributed by atoms with Crippen LogP contribution in [0.25, 0.3) is 0 Å². The van der Waals surface area contributed by atoms with E-state index in [-0.39, 0.29) is 11.7 Å². The normalized spacial score (nSPS) is 10.0. The second-order valence-corrected chi connectivity index (χ2v) is 2.87. The summed E-state index contributed by atoms with van der Waals surface area (Å²) in [6.07, 6.45) is 2.90. The first-order valence-corrected chi connectivity index (χ1v) is 4.15. The standard InChI is InChI=1S/C11H8NO2/c13-10-6-7-12(8-10)11(14)9-4-2-1-3-5-9/h2-8,13H. The van der Waals surface area contributed by atoms with Crippen molar-refractivity contribution in [2.45, 2.75) is 0 Å². The maximum atomic E-state index is 11.7. The minimum absolute atomic E-state index is 0.0841. The van der Waals surface area contributed by atoms with Gasteiger partial charge in [0.05, 0.1) is 6.20 Å². The number of hydrogen-bond acceptors (Lipinski definition) is 2. The zero-order valence-corrected chi connectivity index (χ0v) is 7.34. The summed E-state index contributed by atoms with van der Waals surface area (Å²) < 4.78 is 1.34. The second-order valence-electron chi connectivity index (χ2n) is 2.87. The molecule has 1 heterocycles. The van der Waals surface area contributed by atoms with Crippen molar-refractivity contribution in [2.24, 2.45) is 0 Å². The molecule has 0 bridgehead atoms.